The molecule has 7 nitrogen and oxygen atoms in total. The summed E-state index contributed by atoms with van der Waals surface area (Å²) in [6.45, 7) is 3.03. The van der Waals surface area contributed by atoms with Gasteiger partial charge in [-0.25, -0.2) is 4.79 Å². The number of phenols is 1. The van der Waals surface area contributed by atoms with Gasteiger partial charge in [0.1, 0.15) is 16.3 Å². The zero-order chi connectivity index (χ0) is 17.9. The Balaban J connectivity index is 2.06. The number of aryl methyl sites for hydroxylation is 1. The van der Waals surface area contributed by atoms with E-state index in [9.17, 15) is 19.5 Å². The fourth-order valence-electron chi connectivity index (χ4n) is 1.91. The quantitative estimate of drug-likeness (QED) is 0.715. The lowest BCUT2D eigenvalue weighted by atomic mass is 10.1. The number of anilines is 1. The molecule has 4 N–H and O–H groups in total. The first kappa shape index (κ1) is 17.5. The van der Waals surface area contributed by atoms with E-state index in [1.807, 2.05) is 0 Å². The molecule has 0 fully saturated rings. The van der Waals surface area contributed by atoms with Crippen LogP contribution in [-0.2, 0) is 9.53 Å². The van der Waals surface area contributed by atoms with Crippen LogP contribution in [0.1, 0.15) is 33.2 Å². The molecule has 0 aliphatic rings. The number of phenolic OH excluding ortho intramolecular Hbond substituents is 1. The standard InChI is InChI=1S/C16H16N2O5S/c1-8-4-3-5-10(12(8)19)16(22)23-9(2)14(21)18-15-11(13(17)20)6-7-24-15/h3-7,9,19H,1-2H3,(H2,17,20)(H,18,21). The van der Waals surface area contributed by atoms with Crippen LogP contribution in [0, 0.1) is 6.92 Å². The van der Waals surface area contributed by atoms with Crippen molar-refractivity contribution in [1.29, 1.82) is 0 Å². The van der Waals surface area contributed by atoms with Crippen molar-refractivity contribution in [2.24, 2.45) is 5.73 Å². The number of nitrogens with one attached hydrogen (secondary N) is 1. The number of rotatable bonds is 5. The van der Waals surface area contributed by atoms with Gasteiger partial charge in [0.2, 0.25) is 0 Å². The minimum Gasteiger partial charge on any atom is -0.507 e. The second-order valence-corrected chi connectivity index (χ2v) is 5.95. The van der Waals surface area contributed by atoms with Gasteiger partial charge in [0.15, 0.2) is 6.10 Å². The molecule has 24 heavy (non-hydrogen) atoms. The van der Waals surface area contributed by atoms with E-state index in [1.54, 1.807) is 24.4 Å². The van der Waals surface area contributed by atoms with Gasteiger partial charge in [-0.05, 0) is 36.9 Å². The van der Waals surface area contributed by atoms with Gasteiger partial charge in [-0.15, -0.1) is 11.3 Å². The van der Waals surface area contributed by atoms with Crippen LogP contribution in [0.2, 0.25) is 0 Å². The van der Waals surface area contributed by atoms with Gasteiger partial charge in [0.25, 0.3) is 11.8 Å². The first-order valence-electron chi connectivity index (χ1n) is 6.99. The predicted molar refractivity (Wildman–Crippen MR) is 89.2 cm³/mol. The number of aromatic hydroxyl groups is 1. The van der Waals surface area contributed by atoms with E-state index in [0.717, 1.165) is 11.3 Å². The highest BCUT2D eigenvalue weighted by Crippen LogP contribution is 2.24. The van der Waals surface area contributed by atoms with Crippen molar-refractivity contribution in [1.82, 2.24) is 0 Å². The summed E-state index contributed by atoms with van der Waals surface area (Å²) in [6.07, 6.45) is -1.12. The summed E-state index contributed by atoms with van der Waals surface area (Å²) in [4.78, 5) is 35.4. The second kappa shape index (κ2) is 7.14. The molecule has 1 aromatic carbocycles. The zero-order valence-electron chi connectivity index (χ0n) is 13.0. The molecule has 0 radical (unpaired) electrons. The number of carbonyl (C=O) groups is 3. The lowest BCUT2D eigenvalue weighted by Crippen LogP contribution is -2.30. The van der Waals surface area contributed by atoms with Crippen molar-refractivity contribution < 1.29 is 24.2 Å². The molecular formula is C16H16N2O5S. The number of amides is 2. The van der Waals surface area contributed by atoms with Crippen LogP contribution >= 0.6 is 11.3 Å². The van der Waals surface area contributed by atoms with Gasteiger partial charge in [0.05, 0.1) is 5.56 Å². The summed E-state index contributed by atoms with van der Waals surface area (Å²) in [5.41, 5.74) is 5.88. The molecule has 2 aromatic rings. The molecule has 0 aliphatic carbocycles. The largest absolute Gasteiger partial charge is 0.507 e. The van der Waals surface area contributed by atoms with Crippen LogP contribution in [0.5, 0.6) is 5.75 Å². The van der Waals surface area contributed by atoms with E-state index in [0.29, 0.717) is 5.56 Å². The van der Waals surface area contributed by atoms with E-state index >= 15 is 0 Å². The van der Waals surface area contributed by atoms with Crippen molar-refractivity contribution in [2.75, 3.05) is 5.32 Å². The Morgan fingerprint density at radius 2 is 1.96 bits per heavy atom. The Labute approximate surface area is 142 Å². The molecule has 0 aliphatic heterocycles. The summed E-state index contributed by atoms with van der Waals surface area (Å²) in [7, 11) is 0. The smallest absolute Gasteiger partial charge is 0.342 e. The molecule has 8 heteroatoms. The third kappa shape index (κ3) is 3.72. The number of nitrogens with two attached hydrogens (primary N) is 1. The number of hydrogen-bond donors (Lipinski definition) is 3. The van der Waals surface area contributed by atoms with Crippen LogP contribution in [0.3, 0.4) is 0 Å². The average molecular weight is 348 g/mol. The number of thiophene rings is 1. The summed E-state index contributed by atoms with van der Waals surface area (Å²) in [6, 6.07) is 6.13. The lowest BCUT2D eigenvalue weighted by Gasteiger charge is -2.14. The third-order valence-electron chi connectivity index (χ3n) is 3.28. The Kier molecular flexibility index (Phi) is 5.20. The number of benzene rings is 1. The van der Waals surface area contributed by atoms with E-state index < -0.39 is 23.9 Å². The summed E-state index contributed by atoms with van der Waals surface area (Å²) in [5, 5.41) is 14.3. The Morgan fingerprint density at radius 3 is 2.62 bits per heavy atom. The molecule has 1 aromatic heterocycles. The highest BCUT2D eigenvalue weighted by atomic mass is 32.1. The molecule has 0 bridgehead atoms. The van der Waals surface area contributed by atoms with E-state index in [4.69, 9.17) is 10.5 Å². The Morgan fingerprint density at radius 1 is 1.25 bits per heavy atom. The van der Waals surface area contributed by atoms with Crippen molar-refractivity contribution in [3.63, 3.8) is 0 Å². The highest BCUT2D eigenvalue weighted by molar-refractivity contribution is 7.14. The van der Waals surface area contributed by atoms with E-state index in [-0.39, 0.29) is 21.9 Å². The van der Waals surface area contributed by atoms with Gasteiger partial charge >= 0.3 is 5.97 Å². The fourth-order valence-corrected chi connectivity index (χ4v) is 2.71. The number of esters is 1. The first-order valence-corrected chi connectivity index (χ1v) is 7.87. The van der Waals surface area contributed by atoms with Gasteiger partial charge in [0, 0.05) is 0 Å². The molecule has 0 saturated heterocycles. The van der Waals surface area contributed by atoms with Gasteiger partial charge in [-0.2, -0.15) is 0 Å². The molecule has 1 atom stereocenters. The third-order valence-corrected chi connectivity index (χ3v) is 4.11. The maximum Gasteiger partial charge on any atom is 0.342 e. The van der Waals surface area contributed by atoms with Crippen molar-refractivity contribution >= 4 is 34.1 Å². The first-order chi connectivity index (χ1) is 11.3. The molecule has 1 unspecified atom stereocenters. The number of primary amides is 1. The minimum absolute atomic E-state index is 0.0244. The second-order valence-electron chi connectivity index (χ2n) is 5.04. The Hall–Kier alpha value is -2.87. The maximum atomic E-state index is 12.1. The predicted octanol–water partition coefficient (Wildman–Crippen LogP) is 2.05. The van der Waals surface area contributed by atoms with Crippen molar-refractivity contribution in [2.45, 2.75) is 20.0 Å². The molecule has 1 heterocycles. The lowest BCUT2D eigenvalue weighted by molar-refractivity contribution is -0.123. The van der Waals surface area contributed by atoms with Crippen LogP contribution in [-0.4, -0.2) is 29.0 Å². The average Bonchev–Trinajstić information content (AvgIpc) is 2.98. The summed E-state index contributed by atoms with van der Waals surface area (Å²) in [5.74, 6) is -2.29. The van der Waals surface area contributed by atoms with Crippen LogP contribution < -0.4 is 11.1 Å². The number of hydrogen-bond acceptors (Lipinski definition) is 6. The highest BCUT2D eigenvalue weighted by Gasteiger charge is 2.23. The maximum absolute atomic E-state index is 12.1. The SMILES string of the molecule is Cc1cccc(C(=O)OC(C)C(=O)Nc2sccc2C(N)=O)c1O. The normalized spacial score (nSPS) is 11.6. The minimum atomic E-state index is -1.12. The number of ether oxygens (including phenoxy) is 1. The molecule has 0 spiro atoms. The van der Waals surface area contributed by atoms with E-state index in [2.05, 4.69) is 5.32 Å². The zero-order valence-corrected chi connectivity index (χ0v) is 13.8. The van der Waals surface area contributed by atoms with Crippen LogP contribution in [0.4, 0.5) is 5.00 Å². The Bertz CT molecular complexity index is 800. The molecular weight excluding hydrogens is 332 g/mol. The number of para-hydroxylation sites is 1. The summed E-state index contributed by atoms with van der Waals surface area (Å²) < 4.78 is 5.06. The molecule has 0 saturated carbocycles. The molecule has 2 amide bonds. The monoisotopic (exact) mass is 348 g/mol. The summed E-state index contributed by atoms with van der Waals surface area (Å²) >= 11 is 1.13. The molecule has 2 rings (SSSR count). The number of carbonyl (C=O) groups excluding carboxylic acids is 3. The molecule has 126 valence electrons. The van der Waals surface area contributed by atoms with E-state index in [1.165, 1.54) is 19.1 Å². The van der Waals surface area contributed by atoms with Crippen molar-refractivity contribution in [3.8, 4) is 5.75 Å². The van der Waals surface area contributed by atoms with Gasteiger partial charge in [-0.1, -0.05) is 12.1 Å². The van der Waals surface area contributed by atoms with Crippen molar-refractivity contribution in [3.05, 3.63) is 46.3 Å². The van der Waals surface area contributed by atoms with Gasteiger partial charge < -0.3 is 20.9 Å². The fraction of sp³-hybridized carbons (Fsp3) is 0.188. The van der Waals surface area contributed by atoms with Gasteiger partial charge in [-0.3, -0.25) is 9.59 Å². The van der Waals surface area contributed by atoms with Crippen LogP contribution in [0.25, 0.3) is 0 Å². The van der Waals surface area contributed by atoms with Crippen LogP contribution in [0.15, 0.2) is 29.6 Å². The topological polar surface area (TPSA) is 119 Å².